The first-order valence-electron chi connectivity index (χ1n) is 10.1. The van der Waals surface area contributed by atoms with Crippen LogP contribution in [0.1, 0.15) is 52.7 Å². The maximum Gasteiger partial charge on any atom is 0.218 e. The topological polar surface area (TPSA) is 3.88 Å². The number of para-hydroxylation sites is 1. The van der Waals surface area contributed by atoms with Gasteiger partial charge >= 0.3 is 0 Å². The summed E-state index contributed by atoms with van der Waals surface area (Å²) < 4.78 is 2.30. The molecule has 0 aliphatic heterocycles. The third kappa shape index (κ3) is 3.20. The lowest BCUT2D eigenvalue weighted by Crippen LogP contribution is -2.30. The van der Waals surface area contributed by atoms with E-state index < -0.39 is 0 Å². The first-order valence-corrected chi connectivity index (χ1v) is 10.1. The Kier molecular flexibility index (Phi) is 4.30. The lowest BCUT2D eigenvalue weighted by Gasteiger charge is -2.19. The largest absolute Gasteiger partial charge is 0.218 e. The molecule has 0 spiro atoms. The van der Waals surface area contributed by atoms with Gasteiger partial charge < -0.3 is 0 Å². The second-order valence-corrected chi connectivity index (χ2v) is 9.83. The third-order valence-corrected chi connectivity index (χ3v) is 5.58. The summed E-state index contributed by atoms with van der Waals surface area (Å²) in [6.45, 7) is 13.9. The number of pyridine rings is 1. The quantitative estimate of drug-likeness (QED) is 0.325. The molecule has 0 fully saturated rings. The van der Waals surface area contributed by atoms with Crippen LogP contribution in [0.3, 0.4) is 0 Å². The molecule has 2 aliphatic carbocycles. The van der Waals surface area contributed by atoms with Crippen LogP contribution in [0.2, 0.25) is 0 Å². The molecule has 2 aromatic rings. The molecule has 28 heavy (non-hydrogen) atoms. The Bertz CT molecular complexity index is 1120. The van der Waals surface area contributed by atoms with Crippen LogP contribution >= 0.6 is 0 Å². The summed E-state index contributed by atoms with van der Waals surface area (Å²) in [6.07, 6.45) is 2.16. The Balaban J connectivity index is 2.03. The van der Waals surface area contributed by atoms with Crippen molar-refractivity contribution in [1.29, 1.82) is 0 Å². The minimum atomic E-state index is 0.0940. The van der Waals surface area contributed by atoms with Crippen molar-refractivity contribution in [2.75, 3.05) is 0 Å². The van der Waals surface area contributed by atoms with Gasteiger partial charge in [0.05, 0.1) is 0 Å². The fraction of sp³-hybridized carbons (Fsp3) is 0.296. The number of hydrogen-bond donors (Lipinski definition) is 0. The van der Waals surface area contributed by atoms with Gasteiger partial charge in [-0.1, -0.05) is 71.9 Å². The fourth-order valence-electron chi connectivity index (χ4n) is 4.14. The molecule has 0 saturated heterocycles. The summed E-state index contributed by atoms with van der Waals surface area (Å²) in [5.41, 5.74) is 8.21. The Hall–Kier alpha value is -2.67. The summed E-state index contributed by atoms with van der Waals surface area (Å²) in [5, 5.41) is 1.25. The van der Waals surface area contributed by atoms with E-state index in [2.05, 4.69) is 119 Å². The van der Waals surface area contributed by atoms with Crippen LogP contribution in [0.25, 0.3) is 27.7 Å². The van der Waals surface area contributed by atoms with Gasteiger partial charge in [-0.15, -0.1) is 0 Å². The van der Waals surface area contributed by atoms with Crippen LogP contribution in [-0.4, -0.2) is 0 Å². The minimum Gasteiger partial charge on any atom is -0.160 e. The van der Waals surface area contributed by atoms with E-state index in [9.17, 15) is 0 Å². The van der Waals surface area contributed by atoms with Gasteiger partial charge in [0.15, 0.2) is 6.20 Å². The van der Waals surface area contributed by atoms with Gasteiger partial charge in [-0.05, 0) is 45.2 Å². The third-order valence-electron chi connectivity index (χ3n) is 5.58. The average molecular weight is 369 g/mol. The molecule has 0 N–H and O–H groups in total. The zero-order valence-electron chi connectivity index (χ0n) is 17.9. The maximum atomic E-state index is 2.43. The molecule has 1 nitrogen and oxygen atoms in total. The van der Waals surface area contributed by atoms with E-state index in [4.69, 9.17) is 0 Å². The van der Waals surface area contributed by atoms with Crippen molar-refractivity contribution in [3.8, 4) is 16.8 Å². The Morgan fingerprint density at radius 3 is 1.96 bits per heavy atom. The van der Waals surface area contributed by atoms with Gasteiger partial charge in [0.1, 0.15) is 0 Å². The van der Waals surface area contributed by atoms with Gasteiger partial charge in [-0.2, -0.15) is 4.57 Å². The molecular weight excluding hydrogens is 338 g/mol. The molecule has 4 rings (SSSR count). The second kappa shape index (κ2) is 6.44. The van der Waals surface area contributed by atoms with Crippen molar-refractivity contribution < 1.29 is 4.57 Å². The molecule has 0 atom stereocenters. The summed E-state index contributed by atoms with van der Waals surface area (Å²) in [7, 11) is 0. The lowest BCUT2D eigenvalue weighted by molar-refractivity contribution is -0.567. The molecule has 0 radical (unpaired) electrons. The van der Waals surface area contributed by atoms with Crippen molar-refractivity contribution in [3.63, 3.8) is 0 Å². The Labute approximate surface area is 169 Å². The zero-order chi connectivity index (χ0) is 20.1. The van der Waals surface area contributed by atoms with Crippen molar-refractivity contribution >= 4 is 10.9 Å². The highest BCUT2D eigenvalue weighted by atomic mass is 15.0. The van der Waals surface area contributed by atoms with Crippen molar-refractivity contribution in [2.45, 2.75) is 52.4 Å². The highest BCUT2D eigenvalue weighted by molar-refractivity contribution is 5.79. The van der Waals surface area contributed by atoms with Gasteiger partial charge in [0.25, 0.3) is 0 Å². The second-order valence-electron chi connectivity index (χ2n) is 9.83. The summed E-state index contributed by atoms with van der Waals surface area (Å²) in [4.78, 5) is 0. The molecule has 0 bridgehead atoms. The van der Waals surface area contributed by atoms with Crippen molar-refractivity contribution in [1.82, 2.24) is 0 Å². The first kappa shape index (κ1) is 18.7. The molecule has 1 aromatic heterocycles. The Morgan fingerprint density at radius 2 is 1.25 bits per heavy atom. The van der Waals surface area contributed by atoms with Crippen LogP contribution < -0.4 is 4.57 Å². The summed E-state index contributed by atoms with van der Waals surface area (Å²) in [6, 6.07) is 24.4. The average Bonchev–Trinajstić information content (AvgIpc) is 2.87. The van der Waals surface area contributed by atoms with Gasteiger partial charge in [-0.3, -0.25) is 0 Å². The lowest BCUT2D eigenvalue weighted by atomic mass is 9.85. The van der Waals surface area contributed by atoms with Gasteiger partial charge in [0.2, 0.25) is 11.2 Å². The monoisotopic (exact) mass is 368 g/mol. The fourth-order valence-corrected chi connectivity index (χ4v) is 4.14. The molecule has 142 valence electrons. The van der Waals surface area contributed by atoms with Crippen LogP contribution in [0.4, 0.5) is 0 Å². The predicted octanol–water partition coefficient (Wildman–Crippen LogP) is 6.82. The van der Waals surface area contributed by atoms with Crippen LogP contribution in [-0.2, 0) is 10.8 Å². The van der Waals surface area contributed by atoms with Crippen LogP contribution in [0, 0.1) is 0 Å². The van der Waals surface area contributed by atoms with E-state index in [1.165, 1.54) is 38.8 Å². The van der Waals surface area contributed by atoms with E-state index in [0.29, 0.717) is 0 Å². The highest BCUT2D eigenvalue weighted by Crippen LogP contribution is 2.43. The number of hydrogen-bond acceptors (Lipinski definition) is 0. The molecule has 1 heterocycles. The molecule has 2 aliphatic rings. The number of fused-ring (bicyclic) bond motifs is 2. The smallest absolute Gasteiger partial charge is 0.160 e. The number of rotatable bonds is 1. The van der Waals surface area contributed by atoms with Crippen LogP contribution in [0.15, 0.2) is 72.9 Å². The maximum absolute atomic E-state index is 2.43. The van der Waals surface area contributed by atoms with Gasteiger partial charge in [-0.25, -0.2) is 0 Å². The normalized spacial score (nSPS) is 12.6. The van der Waals surface area contributed by atoms with E-state index >= 15 is 0 Å². The minimum absolute atomic E-state index is 0.0940. The van der Waals surface area contributed by atoms with Crippen LogP contribution in [0.5, 0.6) is 0 Å². The molecule has 0 saturated carbocycles. The van der Waals surface area contributed by atoms with E-state index in [-0.39, 0.29) is 10.8 Å². The predicted molar refractivity (Wildman–Crippen MR) is 120 cm³/mol. The van der Waals surface area contributed by atoms with Crippen molar-refractivity contribution in [2.24, 2.45) is 0 Å². The molecule has 0 amide bonds. The standard InChI is InChI=1S/C27H30N/c1-26(2,3)23-18-24(27(4,5)6)22-17-20(13-9-14-21(22)23)28-16-10-12-19-11-7-8-15-25(19)28/h7-18H,1-6H3/q+1. The van der Waals surface area contributed by atoms with E-state index in [0.717, 1.165) is 0 Å². The molecule has 1 aromatic carbocycles. The SMILES string of the molecule is CC(C)(C)c1cc(C(C)(C)C)c2cc(-[n+]3cccc4ccccc43)cccc1-2. The zero-order valence-corrected chi connectivity index (χ0v) is 17.9. The first-order chi connectivity index (χ1) is 13.2. The molecule has 0 unspecified atom stereocenters. The Morgan fingerprint density at radius 1 is 0.607 bits per heavy atom. The van der Waals surface area contributed by atoms with E-state index in [1.807, 2.05) is 0 Å². The van der Waals surface area contributed by atoms with Gasteiger partial charge in [0, 0.05) is 29.7 Å². The molecule has 1 heteroatoms. The summed E-state index contributed by atoms with van der Waals surface area (Å²) >= 11 is 0. The van der Waals surface area contributed by atoms with Crippen molar-refractivity contribution in [3.05, 3.63) is 84.1 Å². The summed E-state index contributed by atoms with van der Waals surface area (Å²) in [5.74, 6) is 0. The number of aromatic nitrogens is 1. The molecular formula is C27H30N+. The number of benzene rings is 1. The number of nitrogens with zero attached hydrogens (tertiary/aromatic N) is 1. The van der Waals surface area contributed by atoms with E-state index in [1.54, 1.807) is 0 Å². The highest BCUT2D eigenvalue weighted by Gasteiger charge is 2.29.